The predicted molar refractivity (Wildman–Crippen MR) is 69.8 cm³/mol. The zero-order valence-electron chi connectivity index (χ0n) is 11.2. The summed E-state index contributed by atoms with van der Waals surface area (Å²) in [6.07, 6.45) is 1.94. The molecular weight excluding hydrogens is 232 g/mol. The second-order valence-electron chi connectivity index (χ2n) is 4.29. The van der Waals surface area contributed by atoms with Gasteiger partial charge in [0.15, 0.2) is 5.56 Å². The summed E-state index contributed by atoms with van der Waals surface area (Å²) in [5.41, 5.74) is -0.950. The molecule has 0 N–H and O–H groups in total. The van der Waals surface area contributed by atoms with E-state index in [9.17, 15) is 9.59 Å². The molecule has 0 fully saturated rings. The van der Waals surface area contributed by atoms with Gasteiger partial charge in [0.1, 0.15) is 11.9 Å². The first-order valence-electron chi connectivity index (χ1n) is 5.86. The van der Waals surface area contributed by atoms with E-state index in [1.807, 2.05) is 6.07 Å². The normalized spacial score (nSPS) is 10.2. The molecule has 0 atom stereocenters. The maximum absolute atomic E-state index is 11.9. The first-order valence-corrected chi connectivity index (χ1v) is 5.86. The lowest BCUT2D eigenvalue weighted by molar-refractivity contribution is 0.658. The highest BCUT2D eigenvalue weighted by molar-refractivity contribution is 5.52. The highest BCUT2D eigenvalue weighted by atomic mass is 16.2. The summed E-state index contributed by atoms with van der Waals surface area (Å²) >= 11 is 0. The Kier molecular flexibility index (Phi) is 4.32. The predicted octanol–water partition coefficient (Wildman–Crippen LogP) is 0.192. The van der Waals surface area contributed by atoms with Crippen LogP contribution in [-0.4, -0.2) is 22.7 Å². The van der Waals surface area contributed by atoms with E-state index in [4.69, 9.17) is 5.26 Å². The first kappa shape index (κ1) is 14.0. The average Bonchev–Trinajstić information content (AvgIpc) is 2.37. The Hall–Kier alpha value is -2.03. The molecule has 0 saturated heterocycles. The first-order chi connectivity index (χ1) is 8.45. The third kappa shape index (κ3) is 2.30. The van der Waals surface area contributed by atoms with Gasteiger partial charge in [0, 0.05) is 27.7 Å². The minimum Gasteiger partial charge on any atom is -0.360 e. The SMILES string of the molecule is CCCCN(C)c1c(C#N)c(=O)n(C)c(=O)n1C. The standard InChI is InChI=1S/C12H18N4O2/c1-5-6-7-14(2)10-9(8-13)11(17)16(4)12(18)15(10)3/h5-7H2,1-4H3. The van der Waals surface area contributed by atoms with Crippen molar-refractivity contribution >= 4 is 5.82 Å². The van der Waals surface area contributed by atoms with Gasteiger partial charge < -0.3 is 4.90 Å². The molecular formula is C12H18N4O2. The summed E-state index contributed by atoms with van der Waals surface area (Å²) in [6.45, 7) is 2.76. The van der Waals surface area contributed by atoms with Crippen molar-refractivity contribution in [3.63, 3.8) is 0 Å². The van der Waals surface area contributed by atoms with Gasteiger partial charge in [-0.1, -0.05) is 13.3 Å². The summed E-state index contributed by atoms with van der Waals surface area (Å²) in [5, 5.41) is 9.11. The van der Waals surface area contributed by atoms with Crippen LogP contribution in [0.1, 0.15) is 25.3 Å². The highest BCUT2D eigenvalue weighted by Crippen LogP contribution is 2.13. The van der Waals surface area contributed by atoms with E-state index in [2.05, 4.69) is 6.92 Å². The molecule has 0 saturated carbocycles. The number of unbranched alkanes of at least 4 members (excludes halogenated alkanes) is 1. The van der Waals surface area contributed by atoms with E-state index in [1.165, 1.54) is 11.6 Å². The summed E-state index contributed by atoms with van der Waals surface area (Å²) in [6, 6.07) is 1.90. The fraction of sp³-hybridized carbons (Fsp3) is 0.583. The number of hydrogen-bond acceptors (Lipinski definition) is 4. The maximum Gasteiger partial charge on any atom is 0.332 e. The number of anilines is 1. The zero-order valence-corrected chi connectivity index (χ0v) is 11.2. The Morgan fingerprint density at radius 1 is 1.28 bits per heavy atom. The van der Waals surface area contributed by atoms with Crippen LogP contribution in [0, 0.1) is 11.3 Å². The topological polar surface area (TPSA) is 71.0 Å². The van der Waals surface area contributed by atoms with Crippen molar-refractivity contribution in [2.75, 3.05) is 18.5 Å². The number of aromatic nitrogens is 2. The Balaban J connectivity index is 3.49. The van der Waals surface area contributed by atoms with Gasteiger partial charge in [-0.05, 0) is 6.42 Å². The van der Waals surface area contributed by atoms with Crippen molar-refractivity contribution in [3.05, 3.63) is 26.4 Å². The minimum atomic E-state index is -0.543. The van der Waals surface area contributed by atoms with Crippen LogP contribution in [0.4, 0.5) is 5.82 Å². The molecule has 1 aromatic heterocycles. The quantitative estimate of drug-likeness (QED) is 0.765. The average molecular weight is 250 g/mol. The van der Waals surface area contributed by atoms with Crippen molar-refractivity contribution < 1.29 is 0 Å². The molecule has 18 heavy (non-hydrogen) atoms. The van der Waals surface area contributed by atoms with E-state index in [0.717, 1.165) is 17.4 Å². The summed E-state index contributed by atoms with van der Waals surface area (Å²) in [7, 11) is 4.73. The lowest BCUT2D eigenvalue weighted by atomic mass is 10.2. The largest absolute Gasteiger partial charge is 0.360 e. The van der Waals surface area contributed by atoms with E-state index >= 15 is 0 Å². The fourth-order valence-electron chi connectivity index (χ4n) is 1.88. The molecule has 0 unspecified atom stereocenters. The Labute approximate surface area is 106 Å². The number of hydrogen-bond donors (Lipinski definition) is 0. The van der Waals surface area contributed by atoms with Crippen LogP contribution in [0.3, 0.4) is 0 Å². The summed E-state index contributed by atoms with van der Waals surface area (Å²) in [5.74, 6) is 0.388. The van der Waals surface area contributed by atoms with E-state index < -0.39 is 11.2 Å². The van der Waals surface area contributed by atoms with Gasteiger partial charge in [-0.3, -0.25) is 13.9 Å². The van der Waals surface area contributed by atoms with Gasteiger partial charge in [0.05, 0.1) is 0 Å². The van der Waals surface area contributed by atoms with Crippen molar-refractivity contribution in [2.24, 2.45) is 14.1 Å². The monoisotopic (exact) mass is 250 g/mol. The zero-order chi connectivity index (χ0) is 13.9. The lowest BCUT2D eigenvalue weighted by Crippen LogP contribution is -2.42. The van der Waals surface area contributed by atoms with Gasteiger partial charge in [0.2, 0.25) is 0 Å². The molecule has 0 spiro atoms. The van der Waals surface area contributed by atoms with Crippen LogP contribution >= 0.6 is 0 Å². The van der Waals surface area contributed by atoms with Gasteiger partial charge in [-0.2, -0.15) is 5.26 Å². The van der Waals surface area contributed by atoms with Gasteiger partial charge in [0.25, 0.3) is 5.56 Å². The third-order valence-corrected chi connectivity index (χ3v) is 2.95. The van der Waals surface area contributed by atoms with Crippen molar-refractivity contribution in [3.8, 4) is 6.07 Å². The van der Waals surface area contributed by atoms with Crippen LogP contribution in [0.2, 0.25) is 0 Å². The molecule has 98 valence electrons. The summed E-state index contributed by atoms with van der Waals surface area (Å²) in [4.78, 5) is 25.5. The Morgan fingerprint density at radius 3 is 2.39 bits per heavy atom. The molecule has 0 aromatic carbocycles. The van der Waals surface area contributed by atoms with Gasteiger partial charge >= 0.3 is 5.69 Å². The number of nitrogens with zero attached hydrogens (tertiary/aromatic N) is 4. The van der Waals surface area contributed by atoms with E-state index in [1.54, 1.807) is 19.0 Å². The number of rotatable bonds is 4. The van der Waals surface area contributed by atoms with Crippen LogP contribution in [0.25, 0.3) is 0 Å². The lowest BCUT2D eigenvalue weighted by Gasteiger charge is -2.22. The molecule has 6 heteroatoms. The highest BCUT2D eigenvalue weighted by Gasteiger charge is 2.18. The second-order valence-corrected chi connectivity index (χ2v) is 4.29. The molecule has 1 rings (SSSR count). The van der Waals surface area contributed by atoms with Crippen LogP contribution in [0.5, 0.6) is 0 Å². The Morgan fingerprint density at radius 2 is 1.89 bits per heavy atom. The van der Waals surface area contributed by atoms with Crippen molar-refractivity contribution in [1.82, 2.24) is 9.13 Å². The molecule has 0 radical (unpaired) electrons. The molecule has 1 aromatic rings. The maximum atomic E-state index is 11.9. The molecule has 0 aliphatic carbocycles. The Bertz CT molecular complexity index is 592. The van der Waals surface area contributed by atoms with Crippen LogP contribution in [-0.2, 0) is 14.1 Å². The molecule has 0 amide bonds. The number of nitriles is 1. The van der Waals surface area contributed by atoms with E-state index in [0.29, 0.717) is 12.4 Å². The minimum absolute atomic E-state index is 0.0122. The molecule has 0 aliphatic rings. The molecule has 1 heterocycles. The van der Waals surface area contributed by atoms with Gasteiger partial charge in [-0.25, -0.2) is 4.79 Å². The summed E-state index contributed by atoms with van der Waals surface area (Å²) < 4.78 is 2.30. The molecule has 0 aliphatic heterocycles. The smallest absolute Gasteiger partial charge is 0.332 e. The second kappa shape index (κ2) is 5.54. The molecule has 6 nitrogen and oxygen atoms in total. The van der Waals surface area contributed by atoms with Crippen molar-refractivity contribution in [2.45, 2.75) is 19.8 Å². The van der Waals surface area contributed by atoms with Gasteiger partial charge in [-0.15, -0.1) is 0 Å². The van der Waals surface area contributed by atoms with Crippen LogP contribution in [0.15, 0.2) is 9.59 Å². The molecule has 0 bridgehead atoms. The fourth-order valence-corrected chi connectivity index (χ4v) is 1.88. The third-order valence-electron chi connectivity index (χ3n) is 2.95. The van der Waals surface area contributed by atoms with Crippen molar-refractivity contribution in [1.29, 1.82) is 5.26 Å². The van der Waals surface area contributed by atoms with Crippen LogP contribution < -0.4 is 16.1 Å². The van der Waals surface area contributed by atoms with E-state index in [-0.39, 0.29) is 5.56 Å².